The van der Waals surface area contributed by atoms with Crippen molar-refractivity contribution in [1.82, 2.24) is 9.71 Å². The minimum atomic E-state index is -4.12. The van der Waals surface area contributed by atoms with Crippen molar-refractivity contribution in [2.24, 2.45) is 0 Å². The summed E-state index contributed by atoms with van der Waals surface area (Å²) in [6.45, 7) is 5.96. The van der Waals surface area contributed by atoms with E-state index in [2.05, 4.69) is 23.8 Å². The van der Waals surface area contributed by atoms with Crippen molar-refractivity contribution in [1.29, 1.82) is 0 Å². The summed E-state index contributed by atoms with van der Waals surface area (Å²) in [5, 5.41) is 0.473. The maximum Gasteiger partial charge on any atom is 0.265 e. The molecule has 3 aromatic carbocycles. The van der Waals surface area contributed by atoms with Gasteiger partial charge in [0.05, 0.1) is 31.9 Å². The number of carbonyl (C=O) groups excluding carboxylic acids is 1. The molecule has 6 rings (SSSR count). The molecule has 0 saturated carbocycles. The number of thiophene rings is 1. The predicted molar refractivity (Wildman–Crippen MR) is 168 cm³/mol. The van der Waals surface area contributed by atoms with E-state index in [1.165, 1.54) is 22.6 Å². The van der Waals surface area contributed by atoms with Crippen LogP contribution in [0, 0.1) is 13.8 Å². The van der Waals surface area contributed by atoms with Gasteiger partial charge in [-0.05, 0) is 86.2 Å². The number of nitrogens with zero attached hydrogens (tertiary/aromatic N) is 1. The zero-order valence-corrected chi connectivity index (χ0v) is 25.2. The lowest BCUT2D eigenvalue weighted by Gasteiger charge is -2.19. The molecule has 0 aliphatic heterocycles. The third-order valence-corrected chi connectivity index (χ3v) is 10.3. The standard InChI is InChI=1S/C34H30N2O4S2/c1-21-18-19-29(40-23(3)24-12-6-4-7-13-24)31-27(34(37)36-42(38,39)25-14-8-5-9-15-25)20-28(35-32(21)31)33-22(2)26-16-10-11-17-30(26)41-33/h4-9,11-15,17-20,23H,10,16H2,1-3H3,(H,36,37). The summed E-state index contributed by atoms with van der Waals surface area (Å²) in [6.07, 6.45) is 5.94. The van der Waals surface area contributed by atoms with Gasteiger partial charge in [0.2, 0.25) is 0 Å². The second-order valence-electron chi connectivity index (χ2n) is 10.4. The molecule has 1 aliphatic carbocycles. The van der Waals surface area contributed by atoms with Gasteiger partial charge in [0.25, 0.3) is 15.9 Å². The Morgan fingerprint density at radius 3 is 2.43 bits per heavy atom. The van der Waals surface area contributed by atoms with E-state index in [4.69, 9.17) is 9.72 Å². The molecule has 0 spiro atoms. The molecule has 8 heteroatoms. The number of sulfonamides is 1. The van der Waals surface area contributed by atoms with E-state index >= 15 is 0 Å². The number of nitrogens with one attached hydrogen (secondary N) is 1. The minimum absolute atomic E-state index is 0.0100. The Hall–Kier alpha value is -4.27. The van der Waals surface area contributed by atoms with Crippen LogP contribution in [0.5, 0.6) is 5.75 Å². The minimum Gasteiger partial charge on any atom is -0.485 e. The van der Waals surface area contributed by atoms with Gasteiger partial charge in [0.15, 0.2) is 0 Å². The summed E-state index contributed by atoms with van der Waals surface area (Å²) in [6, 6.07) is 23.1. The number of hydrogen-bond acceptors (Lipinski definition) is 6. The number of rotatable bonds is 7. The lowest BCUT2D eigenvalue weighted by Crippen LogP contribution is -2.31. The van der Waals surface area contributed by atoms with Crippen LogP contribution in [0.15, 0.2) is 89.8 Å². The third kappa shape index (κ3) is 5.24. The molecule has 5 aromatic rings. The van der Waals surface area contributed by atoms with Crippen LogP contribution in [-0.4, -0.2) is 19.3 Å². The average Bonchev–Trinajstić information content (AvgIpc) is 3.35. The van der Waals surface area contributed by atoms with Gasteiger partial charge in [-0.15, -0.1) is 11.3 Å². The van der Waals surface area contributed by atoms with Crippen molar-refractivity contribution >= 4 is 44.2 Å². The van der Waals surface area contributed by atoms with Crippen molar-refractivity contribution in [2.45, 2.75) is 44.6 Å². The van der Waals surface area contributed by atoms with Crippen LogP contribution < -0.4 is 9.46 Å². The number of hydrogen-bond donors (Lipinski definition) is 1. The molecule has 1 aliphatic rings. The van der Waals surface area contributed by atoms with Crippen LogP contribution in [0.1, 0.15) is 56.9 Å². The van der Waals surface area contributed by atoms with E-state index in [9.17, 15) is 13.2 Å². The largest absolute Gasteiger partial charge is 0.485 e. The summed E-state index contributed by atoms with van der Waals surface area (Å²) in [5.41, 5.74) is 5.67. The quantitative estimate of drug-likeness (QED) is 0.208. The van der Waals surface area contributed by atoms with Gasteiger partial charge in [-0.1, -0.05) is 60.7 Å². The molecule has 2 heterocycles. The van der Waals surface area contributed by atoms with Gasteiger partial charge >= 0.3 is 0 Å². The fourth-order valence-corrected chi connectivity index (χ4v) is 7.57. The van der Waals surface area contributed by atoms with Crippen LogP contribution in [0.4, 0.5) is 0 Å². The second-order valence-corrected chi connectivity index (χ2v) is 13.2. The molecule has 2 aromatic heterocycles. The number of aryl methyl sites for hydroxylation is 1. The van der Waals surface area contributed by atoms with E-state index < -0.39 is 15.9 Å². The van der Waals surface area contributed by atoms with Crippen molar-refractivity contribution < 1.29 is 17.9 Å². The Labute approximate surface area is 249 Å². The molecule has 42 heavy (non-hydrogen) atoms. The lowest BCUT2D eigenvalue weighted by atomic mass is 9.98. The summed E-state index contributed by atoms with van der Waals surface area (Å²) in [5.74, 6) is -0.285. The van der Waals surface area contributed by atoms with E-state index in [1.54, 1.807) is 35.6 Å². The third-order valence-electron chi connectivity index (χ3n) is 7.59. The predicted octanol–water partition coefficient (Wildman–Crippen LogP) is 7.80. The van der Waals surface area contributed by atoms with Crippen molar-refractivity contribution in [3.05, 3.63) is 118 Å². The highest BCUT2D eigenvalue weighted by Crippen LogP contribution is 2.41. The molecule has 212 valence electrons. The number of carbonyl (C=O) groups is 1. The monoisotopic (exact) mass is 594 g/mol. The fourth-order valence-electron chi connectivity index (χ4n) is 5.33. The van der Waals surface area contributed by atoms with E-state index in [-0.39, 0.29) is 16.6 Å². The number of aromatic nitrogens is 1. The zero-order chi connectivity index (χ0) is 29.4. The first-order valence-corrected chi connectivity index (χ1v) is 16.1. The number of amides is 1. The van der Waals surface area contributed by atoms with Gasteiger partial charge in [-0.25, -0.2) is 18.1 Å². The Morgan fingerprint density at radius 2 is 1.71 bits per heavy atom. The molecule has 0 saturated heterocycles. The molecule has 0 bridgehead atoms. The summed E-state index contributed by atoms with van der Waals surface area (Å²) < 4.78 is 35.2. The normalized spacial score (nSPS) is 13.5. The Morgan fingerprint density at radius 1 is 1.00 bits per heavy atom. The smallest absolute Gasteiger partial charge is 0.265 e. The van der Waals surface area contributed by atoms with E-state index in [1.807, 2.05) is 56.3 Å². The molecular formula is C34H30N2O4S2. The number of pyridine rings is 1. The fraction of sp³-hybridized carbons (Fsp3) is 0.176. The van der Waals surface area contributed by atoms with Crippen molar-refractivity contribution in [3.63, 3.8) is 0 Å². The van der Waals surface area contributed by atoms with Gasteiger partial charge in [-0.3, -0.25) is 4.79 Å². The van der Waals surface area contributed by atoms with Gasteiger partial charge in [0.1, 0.15) is 11.9 Å². The first-order chi connectivity index (χ1) is 20.2. The molecule has 1 amide bonds. The second kappa shape index (κ2) is 11.2. The number of benzene rings is 3. The number of allylic oxidation sites excluding steroid dienone is 1. The molecular weight excluding hydrogens is 565 g/mol. The Bertz CT molecular complexity index is 1950. The van der Waals surface area contributed by atoms with Crippen LogP contribution >= 0.6 is 11.3 Å². The average molecular weight is 595 g/mol. The van der Waals surface area contributed by atoms with Gasteiger partial charge in [-0.2, -0.15) is 0 Å². The molecule has 1 atom stereocenters. The first kappa shape index (κ1) is 27.9. The summed E-state index contributed by atoms with van der Waals surface area (Å²) in [7, 11) is -4.12. The molecule has 6 nitrogen and oxygen atoms in total. The SMILES string of the molecule is Cc1c(-c2cc(C(=O)NS(=O)(=O)c3ccccc3)c3c(OC(C)c4ccccc4)ccc(C)c3n2)sc2c1CCC=C2. The highest BCUT2D eigenvalue weighted by Gasteiger charge is 2.26. The van der Waals surface area contributed by atoms with Crippen LogP contribution in [0.25, 0.3) is 27.6 Å². The Balaban J connectivity index is 1.53. The number of ether oxygens (including phenoxy) is 1. The summed E-state index contributed by atoms with van der Waals surface area (Å²) in [4.78, 5) is 21.2. The van der Waals surface area contributed by atoms with Crippen molar-refractivity contribution in [3.8, 4) is 16.3 Å². The first-order valence-electron chi connectivity index (χ1n) is 13.8. The zero-order valence-electron chi connectivity index (χ0n) is 23.5. The maximum atomic E-state index is 13.9. The molecule has 0 fully saturated rings. The topological polar surface area (TPSA) is 85.4 Å². The van der Waals surface area contributed by atoms with Gasteiger partial charge in [0, 0.05) is 4.88 Å². The molecule has 0 radical (unpaired) electrons. The Kier molecular flexibility index (Phi) is 7.43. The maximum absolute atomic E-state index is 13.9. The lowest BCUT2D eigenvalue weighted by molar-refractivity contribution is 0.0982. The van der Waals surface area contributed by atoms with Gasteiger partial charge < -0.3 is 4.74 Å². The van der Waals surface area contributed by atoms with E-state index in [0.717, 1.165) is 34.4 Å². The highest BCUT2D eigenvalue weighted by atomic mass is 32.2. The molecule has 1 N–H and O–H groups in total. The van der Waals surface area contributed by atoms with Crippen LogP contribution in [0.2, 0.25) is 0 Å². The highest BCUT2D eigenvalue weighted by molar-refractivity contribution is 7.90. The molecule has 1 unspecified atom stereocenters. The number of fused-ring (bicyclic) bond motifs is 2. The van der Waals surface area contributed by atoms with Crippen molar-refractivity contribution in [2.75, 3.05) is 0 Å². The van der Waals surface area contributed by atoms with Crippen LogP contribution in [-0.2, 0) is 16.4 Å². The van der Waals surface area contributed by atoms with Crippen LogP contribution in [0.3, 0.4) is 0 Å². The summed E-state index contributed by atoms with van der Waals surface area (Å²) >= 11 is 1.64. The van der Waals surface area contributed by atoms with E-state index in [0.29, 0.717) is 22.3 Å².